The second kappa shape index (κ2) is 7.23. The van der Waals surface area contributed by atoms with Crippen molar-refractivity contribution in [1.82, 2.24) is 14.7 Å². The zero-order chi connectivity index (χ0) is 19.8. The first kappa shape index (κ1) is 18.4. The predicted molar refractivity (Wildman–Crippen MR) is 107 cm³/mol. The Balaban J connectivity index is 1.70. The molecule has 3 aromatic rings. The molecule has 1 aromatic heterocycles. The SMILES string of the molecule is Cc1nn(C)c(C)c1CN(C(=O)c1ccccc1-c1ccc(F)cc1)C1CC1. The van der Waals surface area contributed by atoms with Gasteiger partial charge in [0, 0.05) is 36.5 Å². The van der Waals surface area contributed by atoms with Crippen molar-refractivity contribution in [3.8, 4) is 11.1 Å². The molecule has 1 fully saturated rings. The van der Waals surface area contributed by atoms with Gasteiger partial charge in [0.25, 0.3) is 5.91 Å². The molecule has 2 aromatic carbocycles. The third kappa shape index (κ3) is 3.44. The van der Waals surface area contributed by atoms with Crippen molar-refractivity contribution < 1.29 is 9.18 Å². The maximum Gasteiger partial charge on any atom is 0.255 e. The molecule has 0 spiro atoms. The van der Waals surface area contributed by atoms with E-state index in [0.29, 0.717) is 12.1 Å². The molecule has 0 unspecified atom stereocenters. The maximum atomic E-state index is 13.5. The van der Waals surface area contributed by atoms with E-state index in [1.165, 1.54) is 12.1 Å². The van der Waals surface area contributed by atoms with Gasteiger partial charge in [0.1, 0.15) is 5.82 Å². The highest BCUT2D eigenvalue weighted by atomic mass is 19.1. The second-order valence-corrected chi connectivity index (χ2v) is 7.49. The Labute approximate surface area is 164 Å². The molecule has 1 amide bonds. The van der Waals surface area contributed by atoms with Gasteiger partial charge in [-0.3, -0.25) is 9.48 Å². The average molecular weight is 377 g/mol. The lowest BCUT2D eigenvalue weighted by molar-refractivity contribution is 0.0730. The van der Waals surface area contributed by atoms with E-state index in [2.05, 4.69) is 5.10 Å². The molecule has 1 aliphatic carbocycles. The van der Waals surface area contributed by atoms with Crippen LogP contribution in [0.1, 0.15) is 40.2 Å². The lowest BCUT2D eigenvalue weighted by Gasteiger charge is -2.24. The quantitative estimate of drug-likeness (QED) is 0.649. The van der Waals surface area contributed by atoms with E-state index in [4.69, 9.17) is 0 Å². The van der Waals surface area contributed by atoms with Crippen LogP contribution in [-0.4, -0.2) is 26.6 Å². The number of hydrogen-bond acceptors (Lipinski definition) is 2. The number of benzene rings is 2. The molecule has 0 aliphatic heterocycles. The fourth-order valence-electron chi connectivity index (χ4n) is 3.68. The minimum Gasteiger partial charge on any atom is -0.331 e. The summed E-state index contributed by atoms with van der Waals surface area (Å²) in [6, 6.07) is 14.1. The average Bonchev–Trinajstić information content (AvgIpc) is 3.50. The van der Waals surface area contributed by atoms with E-state index < -0.39 is 0 Å². The molecule has 0 bridgehead atoms. The first-order valence-electron chi connectivity index (χ1n) is 9.60. The molecular weight excluding hydrogens is 353 g/mol. The number of carbonyl (C=O) groups excluding carboxylic acids is 1. The summed E-state index contributed by atoms with van der Waals surface area (Å²) in [5, 5.41) is 4.49. The van der Waals surface area contributed by atoms with Crippen LogP contribution in [0.4, 0.5) is 4.39 Å². The molecule has 0 atom stereocenters. The van der Waals surface area contributed by atoms with Crippen molar-refractivity contribution >= 4 is 5.91 Å². The summed E-state index contributed by atoms with van der Waals surface area (Å²) in [4.78, 5) is 15.5. The normalized spacial score (nSPS) is 13.6. The molecule has 0 radical (unpaired) electrons. The van der Waals surface area contributed by atoms with Gasteiger partial charge in [-0.15, -0.1) is 0 Å². The summed E-state index contributed by atoms with van der Waals surface area (Å²) in [5.41, 5.74) is 5.49. The highest BCUT2D eigenvalue weighted by molar-refractivity contribution is 6.01. The summed E-state index contributed by atoms with van der Waals surface area (Å²) >= 11 is 0. The fourth-order valence-corrected chi connectivity index (χ4v) is 3.68. The predicted octanol–water partition coefficient (Wildman–Crippen LogP) is 4.65. The number of halogens is 1. The molecule has 4 rings (SSSR count). The van der Waals surface area contributed by atoms with Gasteiger partial charge in [-0.05, 0) is 56.0 Å². The number of carbonyl (C=O) groups is 1. The van der Waals surface area contributed by atoms with Crippen LogP contribution < -0.4 is 0 Å². The maximum absolute atomic E-state index is 13.5. The third-order valence-electron chi connectivity index (χ3n) is 5.55. The Bertz CT molecular complexity index is 1020. The molecule has 0 N–H and O–H groups in total. The minimum atomic E-state index is -0.283. The molecule has 1 aliphatic rings. The Kier molecular flexibility index (Phi) is 4.75. The van der Waals surface area contributed by atoms with Crippen molar-refractivity contribution in [1.29, 1.82) is 0 Å². The Hall–Kier alpha value is -2.95. The van der Waals surface area contributed by atoms with Crippen molar-refractivity contribution in [2.75, 3.05) is 0 Å². The topological polar surface area (TPSA) is 38.1 Å². The molecule has 1 heterocycles. The fraction of sp³-hybridized carbons (Fsp3) is 0.304. The van der Waals surface area contributed by atoms with Crippen LogP contribution in [-0.2, 0) is 13.6 Å². The monoisotopic (exact) mass is 377 g/mol. The summed E-state index contributed by atoms with van der Waals surface area (Å²) in [5.74, 6) is -0.264. The number of aryl methyl sites for hydroxylation is 2. The molecular formula is C23H24FN3O. The van der Waals surface area contributed by atoms with E-state index in [1.54, 1.807) is 12.1 Å². The number of nitrogens with zero attached hydrogens (tertiary/aromatic N) is 3. The van der Waals surface area contributed by atoms with Crippen LogP contribution in [0.3, 0.4) is 0 Å². The van der Waals surface area contributed by atoms with Gasteiger partial charge in [0.15, 0.2) is 0 Å². The number of hydrogen-bond donors (Lipinski definition) is 0. The minimum absolute atomic E-state index is 0.0186. The zero-order valence-electron chi connectivity index (χ0n) is 16.4. The largest absolute Gasteiger partial charge is 0.331 e. The summed E-state index contributed by atoms with van der Waals surface area (Å²) in [7, 11) is 1.93. The van der Waals surface area contributed by atoms with Gasteiger partial charge in [-0.1, -0.05) is 30.3 Å². The molecule has 144 valence electrons. The lowest BCUT2D eigenvalue weighted by atomic mass is 9.98. The van der Waals surface area contributed by atoms with E-state index in [0.717, 1.165) is 40.9 Å². The van der Waals surface area contributed by atoms with Crippen molar-refractivity contribution in [3.63, 3.8) is 0 Å². The highest BCUT2D eigenvalue weighted by Gasteiger charge is 2.34. The second-order valence-electron chi connectivity index (χ2n) is 7.49. The van der Waals surface area contributed by atoms with E-state index in [1.807, 2.05) is 54.7 Å². The van der Waals surface area contributed by atoms with Gasteiger partial charge in [0.05, 0.1) is 5.69 Å². The molecule has 4 nitrogen and oxygen atoms in total. The van der Waals surface area contributed by atoms with Gasteiger partial charge in [0.2, 0.25) is 0 Å². The van der Waals surface area contributed by atoms with Gasteiger partial charge < -0.3 is 4.90 Å². The van der Waals surface area contributed by atoms with Crippen molar-refractivity contribution in [3.05, 3.63) is 76.9 Å². The first-order chi connectivity index (χ1) is 13.5. The standard InChI is InChI=1S/C23H24FN3O/c1-15-22(16(2)26(3)25-15)14-27(19-12-13-19)23(28)21-7-5-4-6-20(21)17-8-10-18(24)11-9-17/h4-11,19H,12-14H2,1-3H3. The first-order valence-corrected chi connectivity index (χ1v) is 9.60. The summed E-state index contributed by atoms with van der Waals surface area (Å²) in [6.45, 7) is 4.59. The highest BCUT2D eigenvalue weighted by Crippen LogP contribution is 2.33. The van der Waals surface area contributed by atoms with Gasteiger partial charge in [-0.25, -0.2) is 4.39 Å². The molecule has 0 saturated heterocycles. The molecule has 1 saturated carbocycles. The van der Waals surface area contributed by atoms with Crippen molar-refractivity contribution in [2.24, 2.45) is 7.05 Å². The van der Waals surface area contributed by atoms with Gasteiger partial charge in [-0.2, -0.15) is 5.10 Å². The summed E-state index contributed by atoms with van der Waals surface area (Å²) < 4.78 is 15.2. The Morgan fingerprint density at radius 1 is 1.14 bits per heavy atom. The van der Waals surface area contributed by atoms with Crippen LogP contribution in [0, 0.1) is 19.7 Å². The third-order valence-corrected chi connectivity index (χ3v) is 5.55. The van der Waals surface area contributed by atoms with Gasteiger partial charge >= 0.3 is 0 Å². The van der Waals surface area contributed by atoms with E-state index in [-0.39, 0.29) is 17.8 Å². The smallest absolute Gasteiger partial charge is 0.255 e. The van der Waals surface area contributed by atoms with E-state index >= 15 is 0 Å². The van der Waals surface area contributed by atoms with Crippen LogP contribution in [0.5, 0.6) is 0 Å². The molecule has 28 heavy (non-hydrogen) atoms. The summed E-state index contributed by atoms with van der Waals surface area (Å²) in [6.07, 6.45) is 2.06. The Morgan fingerprint density at radius 3 is 2.43 bits per heavy atom. The number of amides is 1. The lowest BCUT2D eigenvalue weighted by Crippen LogP contribution is -2.33. The number of aromatic nitrogens is 2. The van der Waals surface area contributed by atoms with Crippen molar-refractivity contribution in [2.45, 2.75) is 39.3 Å². The van der Waals surface area contributed by atoms with Crippen LogP contribution in [0.15, 0.2) is 48.5 Å². The van der Waals surface area contributed by atoms with Crippen LogP contribution >= 0.6 is 0 Å². The zero-order valence-corrected chi connectivity index (χ0v) is 16.4. The Morgan fingerprint density at radius 2 is 1.82 bits per heavy atom. The molecule has 5 heteroatoms. The number of rotatable bonds is 5. The van der Waals surface area contributed by atoms with Crippen LogP contribution in [0.2, 0.25) is 0 Å². The van der Waals surface area contributed by atoms with Crippen LogP contribution in [0.25, 0.3) is 11.1 Å². The van der Waals surface area contributed by atoms with E-state index in [9.17, 15) is 9.18 Å².